The van der Waals surface area contributed by atoms with Gasteiger partial charge in [0.15, 0.2) is 0 Å². The third kappa shape index (κ3) is 11.9. The summed E-state index contributed by atoms with van der Waals surface area (Å²) in [5.41, 5.74) is 37.8. The second-order valence-corrected chi connectivity index (χ2v) is 39.1. The second-order valence-electron chi connectivity index (χ2n) is 39.1. The molecule has 141 heavy (non-hydrogen) atoms. The number of rotatable bonds is 9. The summed E-state index contributed by atoms with van der Waals surface area (Å²) in [6, 6.07) is 155. The van der Waals surface area contributed by atoms with E-state index in [1.165, 1.54) is 155 Å². The molecule has 666 valence electrons. The highest BCUT2D eigenvalue weighted by Gasteiger charge is 2.47. The molecule has 9 aromatic heterocycles. The molecule has 0 aliphatic heterocycles. The molecule has 12 nitrogen and oxygen atoms in total. The van der Waals surface area contributed by atoms with Gasteiger partial charge in [-0.25, -0.2) is 29.9 Å². The van der Waals surface area contributed by atoms with Gasteiger partial charge >= 0.3 is 0 Å². The Morgan fingerprint density at radius 2 is 0.511 bits per heavy atom. The number of para-hydroxylation sites is 11. The summed E-state index contributed by atoms with van der Waals surface area (Å²) in [7, 11) is 0. The largest absolute Gasteiger partial charge is 0.309 e. The van der Waals surface area contributed by atoms with Crippen LogP contribution in [0.2, 0.25) is 0 Å². The Morgan fingerprint density at radius 1 is 0.184 bits per heavy atom. The van der Waals surface area contributed by atoms with Crippen LogP contribution in [0.1, 0.15) is 74.9 Å². The lowest BCUT2D eigenvalue weighted by Gasteiger charge is -2.23. The molecule has 0 N–H and O–H groups in total. The van der Waals surface area contributed by atoms with Crippen molar-refractivity contribution in [3.8, 4) is 102 Å². The quantitative estimate of drug-likeness (QED) is 0.142. The maximum absolute atomic E-state index is 5.39. The number of hydrogen-bond acceptors (Lipinski definition) is 6. The van der Waals surface area contributed by atoms with Crippen molar-refractivity contribution in [2.45, 2.75) is 57.8 Å². The molecule has 0 radical (unpaired) electrons. The van der Waals surface area contributed by atoms with E-state index in [0.717, 1.165) is 94.1 Å². The maximum Gasteiger partial charge on any atom is 0.235 e. The van der Waals surface area contributed by atoms with Gasteiger partial charge in [-0.2, -0.15) is 0 Å². The molecule has 27 aromatic rings. The van der Waals surface area contributed by atoms with E-state index in [1.807, 2.05) is 12.1 Å². The summed E-state index contributed by atoms with van der Waals surface area (Å²) in [4.78, 5) is 31.7. The topological polar surface area (TPSA) is 107 Å². The van der Waals surface area contributed by atoms with Crippen LogP contribution in [0.25, 0.3) is 233 Å². The monoisotopic (exact) mass is 1810 g/mol. The molecule has 0 amide bonds. The minimum Gasteiger partial charge on any atom is -0.309 e. The van der Waals surface area contributed by atoms with Crippen molar-refractivity contribution in [3.63, 3.8) is 0 Å². The Labute approximate surface area is 813 Å². The summed E-state index contributed by atoms with van der Waals surface area (Å²) in [5, 5.41) is 14.3. The zero-order valence-corrected chi connectivity index (χ0v) is 78.4. The first-order valence-electron chi connectivity index (χ1n) is 48.6. The number of hydrogen-bond donors (Lipinski definition) is 0. The van der Waals surface area contributed by atoms with Crippen LogP contribution in [0.15, 0.2) is 437 Å². The zero-order valence-electron chi connectivity index (χ0n) is 78.4. The van der Waals surface area contributed by atoms with Gasteiger partial charge in [0.1, 0.15) is 0 Å². The number of fused-ring (bicyclic) bond motifs is 30. The van der Waals surface area contributed by atoms with Crippen LogP contribution in [0.5, 0.6) is 0 Å². The molecule has 3 aliphatic rings. The van der Waals surface area contributed by atoms with E-state index in [1.54, 1.807) is 0 Å². The minimum atomic E-state index is -0.297. The van der Waals surface area contributed by atoms with E-state index < -0.39 is 0 Å². The van der Waals surface area contributed by atoms with E-state index in [-0.39, 0.29) is 16.2 Å². The van der Waals surface area contributed by atoms with Crippen LogP contribution in [-0.4, -0.2) is 57.3 Å². The molecule has 0 spiro atoms. The van der Waals surface area contributed by atoms with Crippen LogP contribution >= 0.6 is 0 Å². The van der Waals surface area contributed by atoms with Crippen molar-refractivity contribution in [3.05, 3.63) is 470 Å². The lowest BCUT2D eigenvalue weighted by Crippen LogP contribution is -2.17. The summed E-state index contributed by atoms with van der Waals surface area (Å²) < 4.78 is 14.3. The van der Waals surface area contributed by atoms with Crippen LogP contribution in [0.3, 0.4) is 0 Å². The summed E-state index contributed by atoms with van der Waals surface area (Å²) in [6.07, 6.45) is 0. The summed E-state index contributed by atoms with van der Waals surface area (Å²) in [5.74, 6) is 2.04. The van der Waals surface area contributed by atoms with Crippen molar-refractivity contribution in [2.24, 2.45) is 0 Å². The van der Waals surface area contributed by atoms with Gasteiger partial charge in [-0.05, 0) is 137 Å². The average Bonchev–Trinajstić information content (AvgIpc) is 1.52. The van der Waals surface area contributed by atoms with Gasteiger partial charge in [0.2, 0.25) is 17.8 Å². The first kappa shape index (κ1) is 81.4. The fourth-order valence-corrected chi connectivity index (χ4v) is 24.4. The van der Waals surface area contributed by atoms with E-state index in [2.05, 4.69) is 494 Å². The average molecular weight is 1810 g/mol. The summed E-state index contributed by atoms with van der Waals surface area (Å²) in [6.45, 7) is 14.3. The SMILES string of the molecule is CC1(C)c2c(n(-c3ccccc3)c3ccccc23)-c2ccc3c4ccccc4n(-c4nc(-c5ccccc5)c5ccccc5n4)c3c21.CC1(C)c2ccc3c(c2-c2c1c1ccccc1n2-c1ccccc1)c1ccccc1n3-c1nc(-c2ccccc2)c2ccccc2n1.CC1(C)c2ccccc2-c2c1c1c3c4ccccc4n(-c4nc(-c5ccccc5)c5ccccc5n4)c3ccc1n2-c1ccccc1. The lowest BCUT2D eigenvalue weighted by atomic mass is 9.80. The van der Waals surface area contributed by atoms with E-state index in [9.17, 15) is 0 Å². The lowest BCUT2D eigenvalue weighted by molar-refractivity contribution is 0.666. The van der Waals surface area contributed by atoms with Crippen molar-refractivity contribution in [1.82, 2.24) is 57.3 Å². The van der Waals surface area contributed by atoms with Crippen LogP contribution in [-0.2, 0) is 16.2 Å². The summed E-state index contributed by atoms with van der Waals surface area (Å²) >= 11 is 0. The Balaban J connectivity index is 0.000000104. The second kappa shape index (κ2) is 31.0. The molecule has 0 bridgehead atoms. The van der Waals surface area contributed by atoms with Gasteiger partial charge in [-0.15, -0.1) is 0 Å². The third-order valence-corrected chi connectivity index (χ3v) is 30.3. The molecule has 0 atom stereocenters. The Bertz CT molecular complexity index is 9880. The van der Waals surface area contributed by atoms with Crippen molar-refractivity contribution in [2.75, 3.05) is 0 Å². The molecular weight excluding hydrogens is 1720 g/mol. The molecule has 30 rings (SSSR count). The predicted molar refractivity (Wildman–Crippen MR) is 581 cm³/mol. The van der Waals surface area contributed by atoms with Gasteiger partial charge in [-0.1, -0.05) is 375 Å². The van der Waals surface area contributed by atoms with Crippen LogP contribution in [0, 0.1) is 0 Å². The highest BCUT2D eigenvalue weighted by molar-refractivity contribution is 6.25. The first-order chi connectivity index (χ1) is 69.3. The van der Waals surface area contributed by atoms with Gasteiger partial charge in [-0.3, -0.25) is 13.7 Å². The highest BCUT2D eigenvalue weighted by atomic mass is 15.2. The third-order valence-electron chi connectivity index (χ3n) is 30.3. The normalized spacial score (nSPS) is 13.5. The minimum absolute atomic E-state index is 0.193. The molecule has 9 heterocycles. The van der Waals surface area contributed by atoms with Crippen molar-refractivity contribution < 1.29 is 0 Å². The molecule has 0 unspecified atom stereocenters. The fourth-order valence-electron chi connectivity index (χ4n) is 24.4. The van der Waals surface area contributed by atoms with Gasteiger partial charge in [0, 0.05) is 131 Å². The molecule has 0 saturated carbocycles. The fraction of sp³-hybridized carbons (Fsp3) is 0.0698. The van der Waals surface area contributed by atoms with Gasteiger partial charge < -0.3 is 13.7 Å². The van der Waals surface area contributed by atoms with E-state index in [0.29, 0.717) is 17.8 Å². The standard InChI is InChI=1S/3C43H30N4/c1-43(2)37-32-21-11-14-24-36(32)46(28-17-7-4-8-18-28)41(37)33-26-25-30-29-19-10-13-23-35(29)47(40(30)38(33)43)42-44-34-22-12-9-20-31(34)39(45-42)27-15-5-3-6-16-27;1-43(2)32-25-26-36-37(38(32)41-39(43)31-21-11-14-24-35(31)46(41)28-17-7-4-8-18-28)30-20-10-13-23-34(30)47(36)42-44-33-22-12-9-19-29(33)40(45-42)27-15-5-3-6-16-27;1-43(2)32-22-12-9-19-29(32)41-39(43)38-36(46(41)28-17-7-4-8-18-28)26-25-35-37(38)31-21-11-14-24-34(31)47(35)42-44-33-23-13-10-20-30(33)40(45-42)27-15-5-3-6-16-27/h3*3-26H,1-2H3. The highest BCUT2D eigenvalue weighted by Crippen LogP contribution is 2.61. The first-order valence-corrected chi connectivity index (χ1v) is 48.6. The van der Waals surface area contributed by atoms with Crippen LogP contribution < -0.4 is 0 Å². The number of benzene rings is 18. The van der Waals surface area contributed by atoms with Crippen LogP contribution in [0.4, 0.5) is 0 Å². The van der Waals surface area contributed by atoms with Gasteiger partial charge in [0.25, 0.3) is 0 Å². The Kier molecular flexibility index (Phi) is 17.9. The van der Waals surface area contributed by atoms with Gasteiger partial charge in [0.05, 0.1) is 100 Å². The number of aromatic nitrogens is 12. The van der Waals surface area contributed by atoms with E-state index >= 15 is 0 Å². The molecule has 3 aliphatic carbocycles. The smallest absolute Gasteiger partial charge is 0.235 e. The number of nitrogens with zero attached hydrogens (tertiary/aromatic N) is 12. The zero-order chi connectivity index (χ0) is 93.8. The Morgan fingerprint density at radius 3 is 0.986 bits per heavy atom. The van der Waals surface area contributed by atoms with Crippen molar-refractivity contribution >= 4 is 131 Å². The maximum atomic E-state index is 5.39. The van der Waals surface area contributed by atoms with E-state index in [4.69, 9.17) is 29.9 Å². The molecule has 0 saturated heterocycles. The molecule has 18 aromatic carbocycles. The molecule has 0 fully saturated rings. The predicted octanol–water partition coefficient (Wildman–Crippen LogP) is 31.9. The molecular formula is C129H90N12. The molecule has 12 heteroatoms. The van der Waals surface area contributed by atoms with Crippen molar-refractivity contribution in [1.29, 1.82) is 0 Å². The Hall–Kier alpha value is -18.0.